The smallest absolute Gasteiger partial charge is 0.0961 e. The molecule has 3 N–H and O–H groups in total. The zero-order chi connectivity index (χ0) is 17.6. The van der Waals surface area contributed by atoms with Gasteiger partial charge in [0.15, 0.2) is 0 Å². The Morgan fingerprint density at radius 2 is 2.00 bits per heavy atom. The van der Waals surface area contributed by atoms with Crippen molar-refractivity contribution in [2.75, 3.05) is 18.4 Å². The number of anilines is 2. The van der Waals surface area contributed by atoms with Gasteiger partial charge in [-0.1, -0.05) is 30.0 Å². The van der Waals surface area contributed by atoms with E-state index >= 15 is 0 Å². The summed E-state index contributed by atoms with van der Waals surface area (Å²) in [6, 6.07) is 14.8. The molecule has 2 aliphatic heterocycles. The van der Waals surface area contributed by atoms with Crippen molar-refractivity contribution < 1.29 is 5.11 Å². The second-order valence-corrected chi connectivity index (χ2v) is 8.91. The van der Waals surface area contributed by atoms with Crippen LogP contribution in [0.2, 0.25) is 0 Å². The number of para-hydroxylation sites is 1. The van der Waals surface area contributed by atoms with Gasteiger partial charge in [0.1, 0.15) is 0 Å². The number of hydrogen-bond donors (Lipinski definition) is 3. The summed E-state index contributed by atoms with van der Waals surface area (Å²) in [6.45, 7) is 1.53. The molecule has 6 heteroatoms. The van der Waals surface area contributed by atoms with Crippen LogP contribution in [0.25, 0.3) is 11.3 Å². The number of fused-ring (bicyclic) bond motifs is 2. The maximum Gasteiger partial charge on any atom is 0.0961 e. The first-order valence-corrected chi connectivity index (χ1v) is 10.4. The van der Waals surface area contributed by atoms with Crippen LogP contribution in [0.1, 0.15) is 11.4 Å². The molecule has 3 heterocycles. The summed E-state index contributed by atoms with van der Waals surface area (Å²) >= 11 is 3.42. The van der Waals surface area contributed by atoms with Gasteiger partial charge in [0.25, 0.3) is 0 Å². The third kappa shape index (κ3) is 3.03. The molecule has 0 amide bonds. The number of β-amino-alcohol motifs (C(OH)–C–C–N with tert-alkyl or cyclic N) is 1. The Kier molecular flexibility index (Phi) is 4.01. The summed E-state index contributed by atoms with van der Waals surface area (Å²) in [6.07, 6.45) is 1.42. The molecule has 0 radical (unpaired) electrons. The van der Waals surface area contributed by atoms with Crippen molar-refractivity contribution in [3.63, 3.8) is 0 Å². The Morgan fingerprint density at radius 1 is 1.12 bits per heavy atom. The van der Waals surface area contributed by atoms with Crippen LogP contribution in [0.3, 0.4) is 0 Å². The third-order valence-corrected chi connectivity index (χ3v) is 6.91. The molecule has 3 aromatic rings. The largest absolute Gasteiger partial charge is 0.388 e. The highest BCUT2D eigenvalue weighted by atomic mass is 32.2. The Bertz CT molecular complexity index is 963. The summed E-state index contributed by atoms with van der Waals surface area (Å²) in [7, 11) is 0. The Balaban J connectivity index is 1.40. The predicted molar refractivity (Wildman–Crippen MR) is 108 cm³/mol. The molecule has 2 aliphatic rings. The fourth-order valence-electron chi connectivity index (χ4n) is 3.49. The van der Waals surface area contributed by atoms with Crippen molar-refractivity contribution in [2.24, 2.45) is 0 Å². The van der Waals surface area contributed by atoms with Crippen LogP contribution in [-0.4, -0.2) is 28.8 Å². The number of aliphatic hydroxyl groups is 1. The highest BCUT2D eigenvalue weighted by molar-refractivity contribution is 7.99. The van der Waals surface area contributed by atoms with Crippen molar-refractivity contribution in [3.05, 3.63) is 52.9 Å². The van der Waals surface area contributed by atoms with E-state index in [0.717, 1.165) is 40.6 Å². The predicted octanol–water partition coefficient (Wildman–Crippen LogP) is 4.29. The monoisotopic (exact) mass is 381 g/mol. The minimum atomic E-state index is -0.646. The molecule has 26 heavy (non-hydrogen) atoms. The number of nitrogens with zero attached hydrogens (tertiary/aromatic N) is 1. The Labute approximate surface area is 160 Å². The lowest BCUT2D eigenvalue weighted by atomic mass is 10.00. The van der Waals surface area contributed by atoms with Gasteiger partial charge >= 0.3 is 0 Å². The third-order valence-electron chi connectivity index (χ3n) is 4.90. The van der Waals surface area contributed by atoms with Gasteiger partial charge in [0, 0.05) is 33.7 Å². The molecular weight excluding hydrogens is 362 g/mol. The van der Waals surface area contributed by atoms with E-state index in [0.29, 0.717) is 13.0 Å². The van der Waals surface area contributed by atoms with E-state index in [2.05, 4.69) is 58.5 Å². The molecule has 0 aliphatic carbocycles. The van der Waals surface area contributed by atoms with Crippen LogP contribution >= 0.6 is 23.1 Å². The average molecular weight is 382 g/mol. The second kappa shape index (κ2) is 6.39. The first kappa shape index (κ1) is 16.3. The molecule has 0 bridgehead atoms. The van der Waals surface area contributed by atoms with Gasteiger partial charge in [-0.2, -0.15) is 0 Å². The fraction of sp³-hybridized carbons (Fsp3) is 0.250. The summed E-state index contributed by atoms with van der Waals surface area (Å²) in [5.74, 6) is 0. The van der Waals surface area contributed by atoms with E-state index in [9.17, 15) is 5.11 Å². The molecule has 4 nitrogen and oxygen atoms in total. The number of thiazole rings is 1. The van der Waals surface area contributed by atoms with Crippen molar-refractivity contribution in [3.8, 4) is 11.3 Å². The van der Waals surface area contributed by atoms with Gasteiger partial charge in [-0.15, -0.1) is 11.3 Å². The molecule has 0 unspecified atom stereocenters. The summed E-state index contributed by atoms with van der Waals surface area (Å²) in [5.41, 5.74) is 3.71. The molecule has 1 fully saturated rings. The number of benzene rings is 2. The standard InChI is InChI=1S/C20H19N3OS2/c24-20(7-8-21-12-20)10-19-23-16(11-25-19)13-5-6-18-15(9-13)22-14-3-1-2-4-17(14)26-18/h1-6,9,11,21-22,24H,7-8,10,12H2/t20-/m1/s1. The maximum atomic E-state index is 10.6. The first-order chi connectivity index (χ1) is 12.7. The molecule has 1 saturated heterocycles. The summed E-state index contributed by atoms with van der Waals surface area (Å²) < 4.78 is 0. The van der Waals surface area contributed by atoms with Crippen LogP contribution in [-0.2, 0) is 6.42 Å². The molecule has 2 aromatic carbocycles. The minimum Gasteiger partial charge on any atom is -0.388 e. The quantitative estimate of drug-likeness (QED) is 0.494. The van der Waals surface area contributed by atoms with Crippen molar-refractivity contribution in [1.29, 1.82) is 0 Å². The van der Waals surface area contributed by atoms with Gasteiger partial charge in [-0.3, -0.25) is 0 Å². The highest BCUT2D eigenvalue weighted by Crippen LogP contribution is 2.45. The van der Waals surface area contributed by atoms with Gasteiger partial charge < -0.3 is 15.7 Å². The number of hydrogen-bond acceptors (Lipinski definition) is 6. The molecule has 5 rings (SSSR count). The fourth-order valence-corrected chi connectivity index (χ4v) is 5.39. The van der Waals surface area contributed by atoms with Gasteiger partial charge in [-0.05, 0) is 37.2 Å². The summed E-state index contributed by atoms with van der Waals surface area (Å²) in [5, 5.41) is 20.4. The van der Waals surface area contributed by atoms with E-state index in [1.165, 1.54) is 9.79 Å². The lowest BCUT2D eigenvalue weighted by Gasteiger charge is -2.21. The van der Waals surface area contributed by atoms with Gasteiger partial charge in [0.2, 0.25) is 0 Å². The second-order valence-electron chi connectivity index (χ2n) is 6.89. The SMILES string of the molecule is O[C@@]1(Cc2nc(-c3ccc4c(c3)Nc3ccccc3S4)cs2)CCNC1. The van der Waals surface area contributed by atoms with Crippen LogP contribution in [0.15, 0.2) is 57.6 Å². The zero-order valence-electron chi connectivity index (χ0n) is 14.2. The maximum absolute atomic E-state index is 10.6. The molecule has 0 spiro atoms. The lowest BCUT2D eigenvalue weighted by Crippen LogP contribution is -2.33. The van der Waals surface area contributed by atoms with E-state index in [1.807, 2.05) is 0 Å². The number of rotatable bonds is 3. The molecule has 1 aromatic heterocycles. The van der Waals surface area contributed by atoms with Crippen molar-refractivity contribution in [2.45, 2.75) is 28.2 Å². The normalized spacial score (nSPS) is 21.1. The van der Waals surface area contributed by atoms with Crippen LogP contribution < -0.4 is 10.6 Å². The molecule has 1 atom stereocenters. The molecule has 132 valence electrons. The van der Waals surface area contributed by atoms with E-state index in [-0.39, 0.29) is 0 Å². The first-order valence-electron chi connectivity index (χ1n) is 8.74. The molecule has 0 saturated carbocycles. The highest BCUT2D eigenvalue weighted by Gasteiger charge is 2.32. The van der Waals surface area contributed by atoms with E-state index in [1.54, 1.807) is 23.1 Å². The van der Waals surface area contributed by atoms with Crippen LogP contribution in [0.4, 0.5) is 11.4 Å². The van der Waals surface area contributed by atoms with E-state index in [4.69, 9.17) is 4.98 Å². The molecular formula is C20H19N3OS2. The summed E-state index contributed by atoms with van der Waals surface area (Å²) in [4.78, 5) is 7.26. The Morgan fingerprint density at radius 3 is 2.88 bits per heavy atom. The van der Waals surface area contributed by atoms with Crippen molar-refractivity contribution in [1.82, 2.24) is 10.3 Å². The van der Waals surface area contributed by atoms with Gasteiger partial charge in [-0.25, -0.2) is 4.98 Å². The van der Waals surface area contributed by atoms with Gasteiger partial charge in [0.05, 0.1) is 27.7 Å². The van der Waals surface area contributed by atoms with Crippen molar-refractivity contribution >= 4 is 34.5 Å². The minimum absolute atomic E-state index is 0.622. The Hall–Kier alpha value is -1.86. The lowest BCUT2D eigenvalue weighted by molar-refractivity contribution is 0.0618. The van der Waals surface area contributed by atoms with Crippen LogP contribution in [0, 0.1) is 0 Å². The van der Waals surface area contributed by atoms with Crippen LogP contribution in [0.5, 0.6) is 0 Å². The van der Waals surface area contributed by atoms with E-state index < -0.39 is 5.60 Å². The number of aromatic nitrogens is 1. The zero-order valence-corrected chi connectivity index (χ0v) is 15.8. The topological polar surface area (TPSA) is 57.2 Å². The number of nitrogens with one attached hydrogen (secondary N) is 2. The average Bonchev–Trinajstić information content (AvgIpc) is 3.29.